The van der Waals surface area contributed by atoms with Crippen molar-refractivity contribution < 1.29 is 0 Å². The molecule has 2 aromatic heterocycles. The number of aromatic nitrogens is 2. The third-order valence-corrected chi connectivity index (χ3v) is 7.11. The highest BCUT2D eigenvalue weighted by Gasteiger charge is 2.15. The molecule has 2 nitrogen and oxygen atoms in total. The Kier molecular flexibility index (Phi) is 3.54. The van der Waals surface area contributed by atoms with E-state index < -0.39 is 0 Å². The van der Waals surface area contributed by atoms with Gasteiger partial charge in [0.25, 0.3) is 0 Å². The first-order valence-electron chi connectivity index (χ1n) is 9.10. The molecule has 0 N–H and O–H groups in total. The van der Waals surface area contributed by atoms with Gasteiger partial charge >= 0.3 is 0 Å². The van der Waals surface area contributed by atoms with Crippen LogP contribution >= 0.6 is 22.7 Å². The average molecular weight is 395 g/mol. The van der Waals surface area contributed by atoms with E-state index in [0.717, 1.165) is 19.7 Å². The maximum atomic E-state index is 4.93. The molecule has 4 heteroatoms. The topological polar surface area (TPSA) is 25.8 Å². The first-order valence-corrected chi connectivity index (χ1v) is 10.7. The van der Waals surface area contributed by atoms with Gasteiger partial charge in [0.15, 0.2) is 9.66 Å². The predicted octanol–water partition coefficient (Wildman–Crippen LogP) is 7.39. The number of thiazole rings is 2. The Balaban J connectivity index is 1.50. The summed E-state index contributed by atoms with van der Waals surface area (Å²) in [6.45, 7) is 0. The molecule has 0 aliphatic carbocycles. The number of nitrogens with zero attached hydrogens (tertiary/aromatic N) is 2. The summed E-state index contributed by atoms with van der Waals surface area (Å²) in [5, 5.41) is 7.03. The first-order chi connectivity index (χ1) is 13.9. The molecule has 6 aromatic rings. The zero-order valence-electron chi connectivity index (χ0n) is 14.8. The Hall–Kier alpha value is -3.08. The summed E-state index contributed by atoms with van der Waals surface area (Å²) in [5.74, 6) is 0. The molecule has 0 fully saturated rings. The summed E-state index contributed by atoms with van der Waals surface area (Å²) < 4.78 is 0. The van der Waals surface area contributed by atoms with Crippen LogP contribution in [0.3, 0.4) is 0 Å². The molecule has 0 aliphatic rings. The fraction of sp³-hybridized carbons (Fsp3) is 0. The SMILES string of the molecule is c1ccc2c(-c3nc4sc(-c5cccc6ccccc56)nc4s3)cccc2c1. The van der Waals surface area contributed by atoms with Crippen molar-refractivity contribution in [3.8, 4) is 21.1 Å². The molecule has 2 heterocycles. The van der Waals surface area contributed by atoms with Gasteiger partial charge in [0, 0.05) is 11.1 Å². The highest BCUT2D eigenvalue weighted by atomic mass is 32.1. The normalized spacial score (nSPS) is 11.6. The van der Waals surface area contributed by atoms with Crippen LogP contribution < -0.4 is 0 Å². The van der Waals surface area contributed by atoms with E-state index in [-0.39, 0.29) is 0 Å². The summed E-state index contributed by atoms with van der Waals surface area (Å²) in [5.41, 5.74) is 2.36. The minimum absolute atomic E-state index is 1.01. The van der Waals surface area contributed by atoms with Crippen LogP contribution in [0.5, 0.6) is 0 Å². The smallest absolute Gasteiger partial charge is 0.155 e. The molecule has 0 unspecified atom stereocenters. The fourth-order valence-corrected chi connectivity index (χ4v) is 5.82. The second kappa shape index (κ2) is 6.23. The molecule has 28 heavy (non-hydrogen) atoms. The van der Waals surface area contributed by atoms with Crippen molar-refractivity contribution in [1.29, 1.82) is 0 Å². The van der Waals surface area contributed by atoms with Crippen molar-refractivity contribution in [3.05, 3.63) is 84.9 Å². The zero-order valence-corrected chi connectivity index (χ0v) is 16.4. The van der Waals surface area contributed by atoms with Gasteiger partial charge in [-0.3, -0.25) is 0 Å². The molecule has 0 bridgehead atoms. The molecule has 6 rings (SSSR count). The van der Waals surface area contributed by atoms with Crippen LogP contribution in [-0.4, -0.2) is 9.97 Å². The van der Waals surface area contributed by atoms with Gasteiger partial charge in [-0.1, -0.05) is 108 Å². The predicted molar refractivity (Wildman–Crippen MR) is 121 cm³/mol. The van der Waals surface area contributed by atoms with Gasteiger partial charge in [-0.25, -0.2) is 9.97 Å². The molecule has 0 saturated heterocycles. The lowest BCUT2D eigenvalue weighted by molar-refractivity contribution is 1.50. The number of hydrogen-bond acceptors (Lipinski definition) is 4. The molecular formula is C24H14N2S2. The van der Waals surface area contributed by atoms with Gasteiger partial charge in [-0.15, -0.1) is 0 Å². The third kappa shape index (κ3) is 2.46. The second-order valence-corrected chi connectivity index (χ2v) is 8.66. The maximum absolute atomic E-state index is 4.93. The van der Waals surface area contributed by atoms with Crippen LogP contribution in [0.15, 0.2) is 84.9 Å². The monoisotopic (exact) mass is 394 g/mol. The highest BCUT2D eigenvalue weighted by Crippen LogP contribution is 2.40. The highest BCUT2D eigenvalue weighted by molar-refractivity contribution is 7.29. The molecule has 4 aromatic carbocycles. The van der Waals surface area contributed by atoms with Crippen LogP contribution in [0.2, 0.25) is 0 Å². The van der Waals surface area contributed by atoms with Crippen LogP contribution in [0.1, 0.15) is 0 Å². The maximum Gasteiger partial charge on any atom is 0.155 e. The van der Waals surface area contributed by atoms with E-state index >= 15 is 0 Å². The van der Waals surface area contributed by atoms with Gasteiger partial charge in [0.2, 0.25) is 0 Å². The summed E-state index contributed by atoms with van der Waals surface area (Å²) in [4.78, 5) is 11.9. The Labute approximate surface area is 169 Å². The van der Waals surface area contributed by atoms with E-state index in [4.69, 9.17) is 9.97 Å². The van der Waals surface area contributed by atoms with Crippen LogP contribution in [-0.2, 0) is 0 Å². The minimum atomic E-state index is 1.01. The largest absolute Gasteiger partial charge is 0.223 e. The summed E-state index contributed by atoms with van der Waals surface area (Å²) >= 11 is 3.35. The van der Waals surface area contributed by atoms with Gasteiger partial charge in [-0.2, -0.15) is 0 Å². The second-order valence-electron chi connectivity index (χ2n) is 6.70. The van der Waals surface area contributed by atoms with Crippen LogP contribution in [0.25, 0.3) is 52.3 Å². The lowest BCUT2D eigenvalue weighted by Crippen LogP contribution is -1.80. The molecule has 0 amide bonds. The Bertz CT molecular complexity index is 1330. The van der Waals surface area contributed by atoms with E-state index in [1.54, 1.807) is 22.7 Å². The average Bonchev–Trinajstić information content (AvgIpc) is 3.32. The molecule has 0 saturated carbocycles. The molecule has 132 valence electrons. The quantitative estimate of drug-likeness (QED) is 0.306. The number of rotatable bonds is 2. The van der Waals surface area contributed by atoms with Gasteiger partial charge in [0.05, 0.1) is 0 Å². The Morgan fingerprint density at radius 1 is 0.464 bits per heavy atom. The van der Waals surface area contributed by atoms with Crippen LogP contribution in [0, 0.1) is 0 Å². The molecule has 0 radical (unpaired) electrons. The van der Waals surface area contributed by atoms with Crippen molar-refractivity contribution in [2.24, 2.45) is 0 Å². The number of fused-ring (bicyclic) bond motifs is 3. The number of hydrogen-bond donors (Lipinski definition) is 0. The van der Waals surface area contributed by atoms with Gasteiger partial charge in [0.1, 0.15) is 10.0 Å². The van der Waals surface area contributed by atoms with Crippen LogP contribution in [0.4, 0.5) is 0 Å². The standard InChI is InChI=1S/C24H14N2S2/c1-3-11-17-15(7-1)9-5-13-19(17)21-25-23-24(27-21)26-22(28-23)20-14-6-10-16-8-2-4-12-18(16)20/h1-14H. The fourth-order valence-electron chi connectivity index (χ4n) is 3.70. The van der Waals surface area contributed by atoms with Crippen molar-refractivity contribution in [2.45, 2.75) is 0 Å². The summed E-state index contributed by atoms with van der Waals surface area (Å²) in [7, 11) is 0. The zero-order chi connectivity index (χ0) is 18.5. The lowest BCUT2D eigenvalue weighted by atomic mass is 10.1. The van der Waals surface area contributed by atoms with E-state index in [9.17, 15) is 0 Å². The van der Waals surface area contributed by atoms with Crippen molar-refractivity contribution in [2.75, 3.05) is 0 Å². The minimum Gasteiger partial charge on any atom is -0.223 e. The van der Waals surface area contributed by atoms with Gasteiger partial charge in [-0.05, 0) is 21.5 Å². The molecule has 0 spiro atoms. The first kappa shape index (κ1) is 15.9. The van der Waals surface area contributed by atoms with Crippen molar-refractivity contribution >= 4 is 53.9 Å². The Morgan fingerprint density at radius 2 is 0.893 bits per heavy atom. The van der Waals surface area contributed by atoms with Gasteiger partial charge < -0.3 is 0 Å². The van der Waals surface area contributed by atoms with E-state index in [1.807, 2.05) is 0 Å². The summed E-state index contributed by atoms with van der Waals surface area (Å²) in [6.07, 6.45) is 0. The van der Waals surface area contributed by atoms with Crippen molar-refractivity contribution in [1.82, 2.24) is 9.97 Å². The Morgan fingerprint density at radius 3 is 1.39 bits per heavy atom. The lowest BCUT2D eigenvalue weighted by Gasteiger charge is -2.03. The third-order valence-electron chi connectivity index (χ3n) is 5.02. The van der Waals surface area contributed by atoms with E-state index in [2.05, 4.69) is 84.9 Å². The summed E-state index contributed by atoms with van der Waals surface area (Å²) in [6, 6.07) is 29.7. The van der Waals surface area contributed by atoms with Crippen molar-refractivity contribution in [3.63, 3.8) is 0 Å². The van der Waals surface area contributed by atoms with E-state index in [0.29, 0.717) is 0 Å². The number of benzene rings is 4. The molecule has 0 aliphatic heterocycles. The van der Waals surface area contributed by atoms with E-state index in [1.165, 1.54) is 32.7 Å². The molecule has 0 atom stereocenters. The molecular weight excluding hydrogens is 380 g/mol.